The third-order valence-corrected chi connectivity index (χ3v) is 3.47. The molecule has 15 heavy (non-hydrogen) atoms. The van der Waals surface area contributed by atoms with Gasteiger partial charge in [0, 0.05) is 21.8 Å². The predicted octanol–water partition coefficient (Wildman–Crippen LogP) is 2.74. The van der Waals surface area contributed by atoms with Gasteiger partial charge in [-0.25, -0.2) is 0 Å². The first-order valence-electron chi connectivity index (χ1n) is 4.81. The summed E-state index contributed by atoms with van der Waals surface area (Å²) in [4.78, 5) is 12.1. The molecule has 2 nitrogen and oxygen atoms in total. The molecule has 1 aliphatic rings. The van der Waals surface area contributed by atoms with E-state index < -0.39 is 0 Å². The Morgan fingerprint density at radius 2 is 2.20 bits per heavy atom. The SMILES string of the molecule is COC1=C(C=O)CCSc2ccccc21. The number of carbonyl (C=O) groups excluding carboxylic acids is 1. The van der Waals surface area contributed by atoms with Gasteiger partial charge in [0.2, 0.25) is 0 Å². The third kappa shape index (κ3) is 1.92. The molecular weight excluding hydrogens is 208 g/mol. The van der Waals surface area contributed by atoms with Crippen molar-refractivity contribution in [3.8, 4) is 0 Å². The average molecular weight is 220 g/mol. The molecule has 1 aromatic carbocycles. The lowest BCUT2D eigenvalue weighted by Crippen LogP contribution is -1.95. The number of fused-ring (bicyclic) bond motifs is 1. The molecule has 0 atom stereocenters. The van der Waals surface area contributed by atoms with Crippen molar-refractivity contribution < 1.29 is 9.53 Å². The molecule has 2 rings (SSSR count). The van der Waals surface area contributed by atoms with Crippen LogP contribution in [0.3, 0.4) is 0 Å². The van der Waals surface area contributed by atoms with Gasteiger partial charge in [-0.05, 0) is 12.5 Å². The second kappa shape index (κ2) is 4.53. The molecule has 1 heterocycles. The summed E-state index contributed by atoms with van der Waals surface area (Å²) in [5.41, 5.74) is 1.79. The standard InChI is InChI=1S/C12H12O2S/c1-14-12-9(8-13)6-7-15-11-5-3-2-4-10(11)12/h2-5,8H,6-7H2,1H3. The van der Waals surface area contributed by atoms with Gasteiger partial charge < -0.3 is 4.74 Å². The highest BCUT2D eigenvalue weighted by Gasteiger charge is 2.17. The topological polar surface area (TPSA) is 26.3 Å². The number of hydrogen-bond acceptors (Lipinski definition) is 3. The van der Waals surface area contributed by atoms with Crippen LogP contribution < -0.4 is 0 Å². The van der Waals surface area contributed by atoms with Crippen LogP contribution in [-0.2, 0) is 9.53 Å². The minimum absolute atomic E-state index is 0.727. The van der Waals surface area contributed by atoms with Crippen LogP contribution in [0.15, 0.2) is 34.7 Å². The summed E-state index contributed by atoms with van der Waals surface area (Å²) < 4.78 is 5.34. The van der Waals surface area contributed by atoms with E-state index in [1.165, 1.54) is 4.90 Å². The summed E-state index contributed by atoms with van der Waals surface area (Å²) in [5.74, 6) is 1.66. The van der Waals surface area contributed by atoms with Gasteiger partial charge in [-0.15, -0.1) is 11.8 Å². The van der Waals surface area contributed by atoms with E-state index in [4.69, 9.17) is 4.74 Å². The third-order valence-electron chi connectivity index (χ3n) is 2.40. The molecule has 0 bridgehead atoms. The Bertz CT molecular complexity index is 410. The normalized spacial score (nSPS) is 15.5. The Morgan fingerprint density at radius 1 is 1.40 bits per heavy atom. The Kier molecular flexibility index (Phi) is 3.11. The van der Waals surface area contributed by atoms with Gasteiger partial charge in [0.25, 0.3) is 0 Å². The smallest absolute Gasteiger partial charge is 0.149 e. The van der Waals surface area contributed by atoms with E-state index >= 15 is 0 Å². The molecule has 1 aliphatic heterocycles. The lowest BCUT2D eigenvalue weighted by atomic mass is 10.1. The predicted molar refractivity (Wildman–Crippen MR) is 61.8 cm³/mol. The molecule has 3 heteroatoms. The van der Waals surface area contributed by atoms with Crippen LogP contribution in [0.2, 0.25) is 0 Å². The fraction of sp³-hybridized carbons (Fsp3) is 0.250. The first-order valence-corrected chi connectivity index (χ1v) is 5.80. The Balaban J connectivity index is 2.58. The monoisotopic (exact) mass is 220 g/mol. The number of rotatable bonds is 2. The molecule has 0 fully saturated rings. The molecule has 0 spiro atoms. The fourth-order valence-corrected chi connectivity index (χ4v) is 2.72. The minimum Gasteiger partial charge on any atom is -0.496 e. The van der Waals surface area contributed by atoms with Crippen molar-refractivity contribution in [1.29, 1.82) is 0 Å². The number of methoxy groups -OCH3 is 1. The first-order chi connectivity index (χ1) is 7.36. The number of carbonyl (C=O) groups is 1. The van der Waals surface area contributed by atoms with Crippen LogP contribution in [0.5, 0.6) is 0 Å². The van der Waals surface area contributed by atoms with Crippen LogP contribution in [0.25, 0.3) is 5.76 Å². The zero-order valence-corrected chi connectivity index (χ0v) is 9.34. The van der Waals surface area contributed by atoms with Crippen LogP contribution in [0.1, 0.15) is 12.0 Å². The highest BCUT2D eigenvalue weighted by molar-refractivity contribution is 7.99. The van der Waals surface area contributed by atoms with Crippen molar-refractivity contribution >= 4 is 23.8 Å². The van der Waals surface area contributed by atoms with Gasteiger partial charge in [-0.1, -0.05) is 18.2 Å². The number of ether oxygens (including phenoxy) is 1. The van der Waals surface area contributed by atoms with E-state index in [1.54, 1.807) is 18.9 Å². The van der Waals surface area contributed by atoms with Gasteiger partial charge >= 0.3 is 0 Å². The summed E-state index contributed by atoms with van der Waals surface area (Å²) >= 11 is 1.77. The van der Waals surface area contributed by atoms with E-state index in [1.807, 2.05) is 18.2 Å². The highest BCUT2D eigenvalue weighted by Crippen LogP contribution is 2.35. The first kappa shape index (κ1) is 10.3. The zero-order valence-electron chi connectivity index (χ0n) is 8.53. The van der Waals surface area contributed by atoms with Crippen molar-refractivity contribution in [3.63, 3.8) is 0 Å². The van der Waals surface area contributed by atoms with Crippen LogP contribution in [-0.4, -0.2) is 19.1 Å². The molecule has 78 valence electrons. The van der Waals surface area contributed by atoms with Crippen molar-refractivity contribution in [3.05, 3.63) is 35.4 Å². The van der Waals surface area contributed by atoms with Crippen LogP contribution in [0.4, 0.5) is 0 Å². The maximum atomic E-state index is 10.9. The van der Waals surface area contributed by atoms with Gasteiger partial charge in [-0.3, -0.25) is 4.79 Å². The molecule has 0 saturated heterocycles. The van der Waals surface area contributed by atoms with E-state index in [2.05, 4.69) is 6.07 Å². The molecule has 1 aromatic rings. The van der Waals surface area contributed by atoms with Gasteiger partial charge in [0.15, 0.2) is 0 Å². The number of aldehydes is 1. The number of allylic oxidation sites excluding steroid dienone is 1. The zero-order chi connectivity index (χ0) is 10.7. The lowest BCUT2D eigenvalue weighted by Gasteiger charge is -2.09. The second-order valence-corrected chi connectivity index (χ2v) is 4.41. The largest absolute Gasteiger partial charge is 0.496 e. The summed E-state index contributed by atoms with van der Waals surface area (Å²) in [7, 11) is 1.62. The summed E-state index contributed by atoms with van der Waals surface area (Å²) in [6, 6.07) is 8.03. The average Bonchev–Trinajstić information content (AvgIpc) is 2.47. The summed E-state index contributed by atoms with van der Waals surface area (Å²) in [6.45, 7) is 0. The Hall–Kier alpha value is -1.22. The van der Waals surface area contributed by atoms with Crippen molar-refractivity contribution in [2.45, 2.75) is 11.3 Å². The van der Waals surface area contributed by atoms with E-state index in [0.717, 1.165) is 35.4 Å². The van der Waals surface area contributed by atoms with Gasteiger partial charge in [-0.2, -0.15) is 0 Å². The summed E-state index contributed by atoms with van der Waals surface area (Å²) in [6.07, 6.45) is 1.67. The second-order valence-electron chi connectivity index (χ2n) is 3.27. The van der Waals surface area contributed by atoms with Crippen molar-refractivity contribution in [1.82, 2.24) is 0 Å². The van der Waals surface area contributed by atoms with E-state index in [0.29, 0.717) is 0 Å². The minimum atomic E-state index is 0.727. The molecule has 0 aliphatic carbocycles. The van der Waals surface area contributed by atoms with Crippen LogP contribution >= 0.6 is 11.8 Å². The number of hydrogen-bond donors (Lipinski definition) is 0. The molecule has 0 radical (unpaired) electrons. The molecular formula is C12H12O2S. The highest BCUT2D eigenvalue weighted by atomic mass is 32.2. The van der Waals surface area contributed by atoms with Gasteiger partial charge in [0.1, 0.15) is 12.0 Å². The number of thioether (sulfide) groups is 1. The lowest BCUT2D eigenvalue weighted by molar-refractivity contribution is -0.105. The maximum Gasteiger partial charge on any atom is 0.149 e. The Labute approximate surface area is 93.3 Å². The molecule has 0 amide bonds. The van der Waals surface area contributed by atoms with Gasteiger partial charge in [0.05, 0.1) is 7.11 Å². The summed E-state index contributed by atoms with van der Waals surface area (Å²) in [5, 5.41) is 0. The van der Waals surface area contributed by atoms with Crippen molar-refractivity contribution in [2.75, 3.05) is 12.9 Å². The maximum absolute atomic E-state index is 10.9. The van der Waals surface area contributed by atoms with Crippen LogP contribution in [0, 0.1) is 0 Å². The molecule has 0 saturated carbocycles. The van der Waals surface area contributed by atoms with E-state index in [-0.39, 0.29) is 0 Å². The fourth-order valence-electron chi connectivity index (χ4n) is 1.69. The van der Waals surface area contributed by atoms with Crippen molar-refractivity contribution in [2.24, 2.45) is 0 Å². The quantitative estimate of drug-likeness (QED) is 0.717. The number of benzene rings is 1. The molecule has 0 unspecified atom stereocenters. The van der Waals surface area contributed by atoms with E-state index in [9.17, 15) is 4.79 Å². The Morgan fingerprint density at radius 3 is 2.93 bits per heavy atom. The molecule has 0 N–H and O–H groups in total. The molecule has 0 aromatic heterocycles.